The van der Waals surface area contributed by atoms with Gasteiger partial charge < -0.3 is 5.32 Å². The van der Waals surface area contributed by atoms with Crippen LogP contribution in [0.5, 0.6) is 0 Å². The number of nitrogens with zero attached hydrogens (tertiary/aromatic N) is 1. The molecule has 156 valence electrons. The highest BCUT2D eigenvalue weighted by atomic mass is 35.5. The Labute approximate surface area is 173 Å². The number of carbonyl (C=O) groups excluding carboxylic acids is 1. The molecule has 9 heteroatoms. The Hall–Kier alpha value is -2.03. The van der Waals surface area contributed by atoms with Crippen LogP contribution in [0.25, 0.3) is 0 Å². The van der Waals surface area contributed by atoms with Crippen molar-refractivity contribution in [2.75, 3.05) is 18.4 Å². The van der Waals surface area contributed by atoms with Gasteiger partial charge >= 0.3 is 0 Å². The van der Waals surface area contributed by atoms with Gasteiger partial charge in [-0.15, -0.1) is 0 Å². The molecule has 0 saturated carbocycles. The molecule has 2 aromatic rings. The predicted molar refractivity (Wildman–Crippen MR) is 108 cm³/mol. The molecule has 1 N–H and O–H groups in total. The molecule has 0 aliphatic carbocycles. The van der Waals surface area contributed by atoms with Crippen LogP contribution in [0.4, 0.5) is 14.5 Å². The molecule has 3 rings (SSSR count). The number of sulfonamides is 1. The summed E-state index contributed by atoms with van der Waals surface area (Å²) in [6, 6.07) is 6.83. The summed E-state index contributed by atoms with van der Waals surface area (Å²) in [7, 11) is -4.08. The zero-order chi connectivity index (χ0) is 21.2. The lowest BCUT2D eigenvalue weighted by atomic mass is 10.1. The Bertz CT molecular complexity index is 1030. The Morgan fingerprint density at radius 1 is 1.14 bits per heavy atom. The molecule has 5 nitrogen and oxygen atoms in total. The molecule has 1 fully saturated rings. The van der Waals surface area contributed by atoms with E-state index in [4.69, 9.17) is 11.6 Å². The second-order valence-corrected chi connectivity index (χ2v) is 9.51. The second kappa shape index (κ2) is 8.77. The number of anilines is 1. The standard InChI is InChI=1S/C20H21ClF2N2O3S/c1-13-4-2-3-9-25(12-13)29(27,28)19-10-14(5-7-18(19)23)20(26)24-15-6-8-17(22)16(21)11-15/h5-8,10-11,13H,2-4,9,12H2,1H3,(H,24,26). The first-order valence-corrected chi connectivity index (χ1v) is 11.1. The molecule has 1 heterocycles. The average molecular weight is 443 g/mol. The maximum Gasteiger partial charge on any atom is 0.255 e. The van der Waals surface area contributed by atoms with Crippen molar-refractivity contribution in [2.45, 2.75) is 31.1 Å². The lowest BCUT2D eigenvalue weighted by Crippen LogP contribution is -2.34. The van der Waals surface area contributed by atoms with Gasteiger partial charge in [0.1, 0.15) is 16.5 Å². The largest absolute Gasteiger partial charge is 0.322 e. The number of rotatable bonds is 4. The molecule has 1 aliphatic rings. The summed E-state index contributed by atoms with van der Waals surface area (Å²) in [5, 5.41) is 2.33. The van der Waals surface area contributed by atoms with Crippen LogP contribution >= 0.6 is 11.6 Å². The molecule has 0 bridgehead atoms. The molecule has 1 amide bonds. The molecular formula is C20H21ClF2N2O3S. The molecular weight excluding hydrogens is 422 g/mol. The fourth-order valence-electron chi connectivity index (χ4n) is 3.29. The normalized spacial score (nSPS) is 18.3. The van der Waals surface area contributed by atoms with Gasteiger partial charge in [0.25, 0.3) is 5.91 Å². The molecule has 29 heavy (non-hydrogen) atoms. The van der Waals surface area contributed by atoms with E-state index in [0.717, 1.165) is 31.0 Å². The number of hydrogen-bond donors (Lipinski definition) is 1. The molecule has 0 spiro atoms. The average Bonchev–Trinajstić information content (AvgIpc) is 2.90. The summed E-state index contributed by atoms with van der Waals surface area (Å²) in [6.07, 6.45) is 2.53. The third-order valence-corrected chi connectivity index (χ3v) is 7.03. The molecule has 0 aromatic heterocycles. The molecule has 1 atom stereocenters. The first kappa shape index (κ1) is 21.7. The Morgan fingerprint density at radius 3 is 2.59 bits per heavy atom. The van der Waals surface area contributed by atoms with Gasteiger partial charge in [0.15, 0.2) is 0 Å². The lowest BCUT2D eigenvalue weighted by molar-refractivity contribution is 0.102. The number of halogens is 3. The molecule has 1 saturated heterocycles. The van der Waals surface area contributed by atoms with Crippen LogP contribution in [0, 0.1) is 17.6 Å². The highest BCUT2D eigenvalue weighted by molar-refractivity contribution is 7.89. The summed E-state index contributed by atoms with van der Waals surface area (Å²) < 4.78 is 55.0. The number of hydrogen-bond acceptors (Lipinski definition) is 3. The maximum atomic E-state index is 14.4. The molecule has 2 aromatic carbocycles. The fraction of sp³-hybridized carbons (Fsp3) is 0.350. The fourth-order valence-corrected chi connectivity index (χ4v) is 5.16. The minimum atomic E-state index is -4.08. The van der Waals surface area contributed by atoms with Crippen LogP contribution in [0.3, 0.4) is 0 Å². The quantitative estimate of drug-likeness (QED) is 0.747. The highest BCUT2D eigenvalue weighted by Crippen LogP contribution is 2.26. The summed E-state index contributed by atoms with van der Waals surface area (Å²) in [5.41, 5.74) is 0.199. The zero-order valence-electron chi connectivity index (χ0n) is 15.8. The Balaban J connectivity index is 1.88. The van der Waals surface area contributed by atoms with Crippen LogP contribution in [0.15, 0.2) is 41.3 Å². The van der Waals surface area contributed by atoms with Crippen molar-refractivity contribution in [3.05, 3.63) is 58.6 Å². The first-order valence-electron chi connectivity index (χ1n) is 9.24. The number of amides is 1. The number of benzene rings is 2. The second-order valence-electron chi connectivity index (χ2n) is 7.19. The smallest absolute Gasteiger partial charge is 0.255 e. The van der Waals surface area contributed by atoms with Crippen LogP contribution in [-0.2, 0) is 10.0 Å². The first-order chi connectivity index (χ1) is 13.7. The van der Waals surface area contributed by atoms with E-state index >= 15 is 0 Å². The van der Waals surface area contributed by atoms with Crippen LogP contribution in [0.1, 0.15) is 36.5 Å². The zero-order valence-corrected chi connectivity index (χ0v) is 17.4. The van der Waals surface area contributed by atoms with Crippen LogP contribution < -0.4 is 5.32 Å². The predicted octanol–water partition coefficient (Wildman–Crippen LogP) is 4.68. The van der Waals surface area contributed by atoms with E-state index in [1.165, 1.54) is 22.5 Å². The Kier molecular flexibility index (Phi) is 6.55. The van der Waals surface area contributed by atoms with E-state index in [9.17, 15) is 22.0 Å². The van der Waals surface area contributed by atoms with Gasteiger partial charge in [0, 0.05) is 24.3 Å². The van der Waals surface area contributed by atoms with E-state index in [0.29, 0.717) is 19.5 Å². The summed E-state index contributed by atoms with van der Waals surface area (Å²) in [6.45, 7) is 2.59. The third-order valence-electron chi connectivity index (χ3n) is 4.86. The van der Waals surface area contributed by atoms with Gasteiger partial charge in [-0.2, -0.15) is 4.31 Å². The third kappa shape index (κ3) is 4.94. The van der Waals surface area contributed by atoms with Gasteiger partial charge in [-0.25, -0.2) is 17.2 Å². The Morgan fingerprint density at radius 2 is 1.86 bits per heavy atom. The SMILES string of the molecule is CC1CCCCN(S(=O)(=O)c2cc(C(=O)Nc3ccc(F)c(Cl)c3)ccc2F)C1. The van der Waals surface area contributed by atoms with E-state index in [1.54, 1.807) is 0 Å². The van der Waals surface area contributed by atoms with Crippen LogP contribution in [0.2, 0.25) is 5.02 Å². The minimum absolute atomic E-state index is 0.0340. The van der Waals surface area contributed by atoms with Gasteiger partial charge in [0.2, 0.25) is 10.0 Å². The van der Waals surface area contributed by atoms with E-state index in [-0.39, 0.29) is 22.2 Å². The van der Waals surface area contributed by atoms with E-state index in [2.05, 4.69) is 5.32 Å². The monoisotopic (exact) mass is 442 g/mol. The highest BCUT2D eigenvalue weighted by Gasteiger charge is 2.30. The van der Waals surface area contributed by atoms with E-state index < -0.39 is 32.5 Å². The molecule has 0 radical (unpaired) electrons. The van der Waals surface area contributed by atoms with Crippen molar-refractivity contribution in [3.63, 3.8) is 0 Å². The molecule has 1 aliphatic heterocycles. The van der Waals surface area contributed by atoms with Crippen molar-refractivity contribution < 1.29 is 22.0 Å². The van der Waals surface area contributed by atoms with Gasteiger partial charge in [-0.1, -0.05) is 24.9 Å². The van der Waals surface area contributed by atoms with Gasteiger partial charge in [0.05, 0.1) is 5.02 Å². The van der Waals surface area contributed by atoms with E-state index in [1.807, 2.05) is 6.92 Å². The summed E-state index contributed by atoms with van der Waals surface area (Å²) in [4.78, 5) is 12.0. The van der Waals surface area contributed by atoms with Gasteiger partial charge in [-0.05, 0) is 55.2 Å². The summed E-state index contributed by atoms with van der Waals surface area (Å²) >= 11 is 5.70. The van der Waals surface area contributed by atoms with Crippen molar-refractivity contribution >= 4 is 33.2 Å². The topological polar surface area (TPSA) is 66.5 Å². The number of carbonyl (C=O) groups is 1. The molecule has 1 unspecified atom stereocenters. The van der Waals surface area contributed by atoms with Crippen molar-refractivity contribution in [1.82, 2.24) is 4.31 Å². The van der Waals surface area contributed by atoms with Crippen molar-refractivity contribution in [2.24, 2.45) is 5.92 Å². The minimum Gasteiger partial charge on any atom is -0.322 e. The lowest BCUT2D eigenvalue weighted by Gasteiger charge is -2.22. The van der Waals surface area contributed by atoms with Crippen molar-refractivity contribution in [3.8, 4) is 0 Å². The number of nitrogens with one attached hydrogen (secondary N) is 1. The maximum absolute atomic E-state index is 14.4. The van der Waals surface area contributed by atoms with Crippen LogP contribution in [-0.4, -0.2) is 31.7 Å². The van der Waals surface area contributed by atoms with Crippen molar-refractivity contribution in [1.29, 1.82) is 0 Å². The van der Waals surface area contributed by atoms with Gasteiger partial charge in [-0.3, -0.25) is 4.79 Å². The summed E-state index contributed by atoms with van der Waals surface area (Å²) in [5.74, 6) is -2.03.